The molecule has 3 aromatic rings. The normalized spacial score (nSPS) is 12.7. The predicted molar refractivity (Wildman–Crippen MR) is 152 cm³/mol. The molecule has 198 valence electrons. The summed E-state index contributed by atoms with van der Waals surface area (Å²) in [6.45, 7) is 14.9. The highest BCUT2D eigenvalue weighted by atomic mass is 79.9. The third kappa shape index (κ3) is 6.69. The predicted octanol–water partition coefficient (Wildman–Crippen LogP) is 6.71. The number of rotatable bonds is 8. The van der Waals surface area contributed by atoms with Gasteiger partial charge in [-0.1, -0.05) is 72.7 Å². The molecule has 0 aliphatic rings. The molecule has 1 N–H and O–H groups in total. The van der Waals surface area contributed by atoms with E-state index in [4.69, 9.17) is 0 Å². The number of nitrogens with zero attached hydrogens (tertiary/aromatic N) is 3. The van der Waals surface area contributed by atoms with Crippen molar-refractivity contribution in [3.63, 3.8) is 0 Å². The zero-order valence-electron chi connectivity index (χ0n) is 22.9. The Morgan fingerprint density at radius 3 is 1.89 bits per heavy atom. The topological polar surface area (TPSA) is 76.6 Å². The number of aromatic nitrogens is 2. The number of aromatic hydroxyl groups is 1. The first-order valence-electron chi connectivity index (χ1n) is 12.7. The molecule has 0 saturated carbocycles. The number of ketones is 2. The summed E-state index contributed by atoms with van der Waals surface area (Å²) < 4.78 is 8.01. The molecule has 0 fully saturated rings. The number of benzene rings is 2. The monoisotopic (exact) mass is 567 g/mol. The van der Waals surface area contributed by atoms with Gasteiger partial charge in [-0.2, -0.15) is 4.02 Å². The summed E-state index contributed by atoms with van der Waals surface area (Å²) in [5.41, 5.74) is 3.82. The van der Waals surface area contributed by atoms with Crippen molar-refractivity contribution in [3.8, 4) is 5.75 Å². The van der Waals surface area contributed by atoms with Crippen molar-refractivity contribution < 1.29 is 14.7 Å². The van der Waals surface area contributed by atoms with Gasteiger partial charge >= 0.3 is 0 Å². The number of hydrogen-bond acceptors (Lipinski definition) is 4. The van der Waals surface area contributed by atoms with Gasteiger partial charge in [0.25, 0.3) is 0 Å². The van der Waals surface area contributed by atoms with Crippen LogP contribution in [0.15, 0.2) is 52.8 Å². The molecule has 1 aromatic heterocycles. The van der Waals surface area contributed by atoms with E-state index >= 15 is 0 Å². The van der Waals surface area contributed by atoms with E-state index in [9.17, 15) is 14.7 Å². The number of imidazole rings is 1. The highest BCUT2D eigenvalue weighted by molar-refractivity contribution is 9.08. The summed E-state index contributed by atoms with van der Waals surface area (Å²) in [5.74, 6) is 0.352. The second-order valence-corrected chi connectivity index (χ2v) is 12.0. The SMILES string of the molecule is CCCC(=O)c1ccc(Cn2ccn(CC(=O)c3cc(C(C)(C)C)c(O)c(C(C)(C)C)c3)/c2=N\Br)cc1. The Hall–Kier alpha value is -2.93. The van der Waals surface area contributed by atoms with Gasteiger partial charge in [-0.25, -0.2) is 0 Å². The van der Waals surface area contributed by atoms with E-state index in [1.807, 2.05) is 102 Å². The lowest BCUT2D eigenvalue weighted by Crippen LogP contribution is -2.28. The molecule has 0 radical (unpaired) electrons. The minimum Gasteiger partial charge on any atom is -0.507 e. The van der Waals surface area contributed by atoms with Crippen LogP contribution in [0.5, 0.6) is 5.75 Å². The van der Waals surface area contributed by atoms with Crippen LogP contribution >= 0.6 is 16.1 Å². The largest absolute Gasteiger partial charge is 0.507 e. The molecule has 37 heavy (non-hydrogen) atoms. The maximum Gasteiger partial charge on any atom is 0.217 e. The molecule has 0 spiro atoms. The van der Waals surface area contributed by atoms with Gasteiger partial charge in [-0.15, -0.1) is 0 Å². The van der Waals surface area contributed by atoms with Gasteiger partial charge in [0.2, 0.25) is 5.62 Å². The van der Waals surface area contributed by atoms with Gasteiger partial charge in [-0.3, -0.25) is 9.59 Å². The van der Waals surface area contributed by atoms with E-state index in [2.05, 4.69) is 20.2 Å². The van der Waals surface area contributed by atoms with Crippen LogP contribution < -0.4 is 5.62 Å². The zero-order chi connectivity index (χ0) is 27.5. The molecule has 0 atom stereocenters. The highest BCUT2D eigenvalue weighted by Gasteiger charge is 2.28. The number of carbonyl (C=O) groups is 2. The quantitative estimate of drug-likeness (QED) is 0.307. The van der Waals surface area contributed by atoms with Crippen LogP contribution in [-0.4, -0.2) is 25.8 Å². The van der Waals surface area contributed by atoms with Crippen molar-refractivity contribution in [2.24, 2.45) is 4.02 Å². The third-order valence-electron chi connectivity index (χ3n) is 6.48. The van der Waals surface area contributed by atoms with Crippen molar-refractivity contribution in [1.29, 1.82) is 0 Å². The number of hydrogen-bond donors (Lipinski definition) is 1. The molecule has 3 rings (SSSR count). The summed E-state index contributed by atoms with van der Waals surface area (Å²) in [6.07, 6.45) is 5.11. The molecule has 7 heteroatoms. The standard InChI is InChI=1S/C30H38BrN3O3/c1-8-9-25(35)21-12-10-20(11-13-21)18-33-14-15-34(28(33)32-31)19-26(36)22-16-23(29(2,3)4)27(37)24(17-22)30(5,6)7/h10-17,37H,8-9,18-19H2,1-7H3/b32-28-. The summed E-state index contributed by atoms with van der Waals surface area (Å²) in [5, 5.41) is 11.0. The molecular formula is C30H38BrN3O3. The maximum absolute atomic E-state index is 13.5. The lowest BCUT2D eigenvalue weighted by atomic mass is 9.78. The Labute approximate surface area is 228 Å². The molecular weight excluding hydrogens is 530 g/mol. The summed E-state index contributed by atoms with van der Waals surface area (Å²) in [6, 6.07) is 11.3. The minimum absolute atomic E-state index is 0.0602. The van der Waals surface area contributed by atoms with Crippen LogP contribution in [0.25, 0.3) is 0 Å². The van der Waals surface area contributed by atoms with E-state index in [0.717, 1.165) is 28.7 Å². The Balaban J connectivity index is 1.89. The van der Waals surface area contributed by atoms with Crippen molar-refractivity contribution in [1.82, 2.24) is 9.13 Å². The highest BCUT2D eigenvalue weighted by Crippen LogP contribution is 2.39. The van der Waals surface area contributed by atoms with Gasteiger partial charge in [0.05, 0.1) is 29.2 Å². The summed E-state index contributed by atoms with van der Waals surface area (Å²) in [4.78, 5) is 25.6. The van der Waals surface area contributed by atoms with E-state index in [1.165, 1.54) is 0 Å². The van der Waals surface area contributed by atoms with Crippen molar-refractivity contribution in [2.45, 2.75) is 85.2 Å². The fraction of sp³-hybridized carbons (Fsp3) is 0.433. The van der Waals surface area contributed by atoms with E-state index in [1.54, 1.807) is 4.57 Å². The van der Waals surface area contributed by atoms with Gasteiger partial charge in [0.1, 0.15) is 5.75 Å². The summed E-state index contributed by atoms with van der Waals surface area (Å²) >= 11 is 3.23. The van der Waals surface area contributed by atoms with Crippen molar-refractivity contribution in [3.05, 3.63) is 82.2 Å². The fourth-order valence-electron chi connectivity index (χ4n) is 4.35. The van der Waals surface area contributed by atoms with Crippen LogP contribution in [0.1, 0.15) is 98.7 Å². The first-order valence-corrected chi connectivity index (χ1v) is 13.4. The summed E-state index contributed by atoms with van der Waals surface area (Å²) in [7, 11) is 0. The fourth-order valence-corrected chi connectivity index (χ4v) is 4.76. The molecule has 6 nitrogen and oxygen atoms in total. The average molecular weight is 569 g/mol. The van der Waals surface area contributed by atoms with Gasteiger partial charge < -0.3 is 14.2 Å². The molecule has 0 aliphatic carbocycles. The number of Topliss-reactive ketones (excluding diaryl/α,β-unsaturated/α-hetero) is 2. The number of phenols is 1. The van der Waals surface area contributed by atoms with Crippen LogP contribution in [0, 0.1) is 0 Å². The van der Waals surface area contributed by atoms with E-state index in [0.29, 0.717) is 24.1 Å². The first kappa shape index (κ1) is 28.6. The molecule has 0 amide bonds. The first-order chi connectivity index (χ1) is 17.3. The van der Waals surface area contributed by atoms with Crippen LogP contribution in [0.4, 0.5) is 0 Å². The number of phenolic OH excluding ortho intramolecular Hbond substituents is 1. The molecule has 0 aliphatic heterocycles. The lowest BCUT2D eigenvalue weighted by molar-refractivity contribution is 0.0966. The van der Waals surface area contributed by atoms with E-state index in [-0.39, 0.29) is 34.7 Å². The van der Waals surface area contributed by atoms with Gasteiger partial charge in [0, 0.05) is 41.1 Å². The lowest BCUT2D eigenvalue weighted by Gasteiger charge is -2.28. The zero-order valence-corrected chi connectivity index (χ0v) is 24.5. The van der Waals surface area contributed by atoms with Crippen molar-refractivity contribution in [2.75, 3.05) is 0 Å². The molecule has 0 unspecified atom stereocenters. The Kier molecular flexibility index (Phi) is 8.68. The van der Waals surface area contributed by atoms with Crippen LogP contribution in [0.3, 0.4) is 0 Å². The third-order valence-corrected chi connectivity index (χ3v) is 6.80. The van der Waals surface area contributed by atoms with E-state index < -0.39 is 0 Å². The Morgan fingerprint density at radius 1 is 0.865 bits per heavy atom. The average Bonchev–Trinajstić information content (AvgIpc) is 3.18. The van der Waals surface area contributed by atoms with Gasteiger partial charge in [0.15, 0.2) is 11.6 Å². The Bertz CT molecular complexity index is 1320. The Morgan fingerprint density at radius 2 is 1.41 bits per heavy atom. The van der Waals surface area contributed by atoms with Crippen LogP contribution in [0.2, 0.25) is 0 Å². The number of carbonyl (C=O) groups excluding carboxylic acids is 2. The molecule has 0 saturated heterocycles. The van der Waals surface area contributed by atoms with Crippen molar-refractivity contribution >= 4 is 27.7 Å². The van der Waals surface area contributed by atoms with Gasteiger partial charge in [-0.05, 0) is 34.9 Å². The van der Waals surface area contributed by atoms with Crippen LogP contribution in [-0.2, 0) is 23.9 Å². The second-order valence-electron chi connectivity index (χ2n) is 11.7. The smallest absolute Gasteiger partial charge is 0.217 e. The minimum atomic E-state index is -0.316. The molecule has 0 bridgehead atoms. The molecule has 1 heterocycles. The second kappa shape index (κ2) is 11.2. The molecule has 2 aromatic carbocycles. The number of halogens is 1. The maximum atomic E-state index is 13.5.